The predicted molar refractivity (Wildman–Crippen MR) is 104 cm³/mol. The molecular weight excluding hydrogens is 508 g/mol. The van der Waals surface area contributed by atoms with Gasteiger partial charge in [-0.3, -0.25) is 9.48 Å². The first-order valence-electron chi connectivity index (χ1n) is 10.2. The number of amides is 1. The van der Waals surface area contributed by atoms with Crippen molar-refractivity contribution < 1.29 is 44.8 Å². The molecule has 2 heterocycles. The molecule has 35 heavy (non-hydrogen) atoms. The molecule has 2 aliphatic carbocycles. The Morgan fingerprint density at radius 1 is 1.29 bits per heavy atom. The van der Waals surface area contributed by atoms with Gasteiger partial charge in [0.1, 0.15) is 11.3 Å². The Morgan fingerprint density at radius 3 is 2.40 bits per heavy atom. The van der Waals surface area contributed by atoms with Gasteiger partial charge in [0.05, 0.1) is 17.0 Å². The van der Waals surface area contributed by atoms with Crippen LogP contribution in [-0.4, -0.2) is 40.2 Å². The van der Waals surface area contributed by atoms with E-state index >= 15 is 0 Å². The van der Waals surface area contributed by atoms with Crippen molar-refractivity contribution in [1.82, 2.24) is 14.5 Å². The molecule has 2 aromatic heterocycles. The predicted octanol–water partition coefficient (Wildman–Crippen LogP) is 2.80. The Morgan fingerprint density at radius 2 is 1.91 bits per heavy atom. The standard InChI is InChI=1S/C19H19F6N5O4S/c1-17(7-11(17)18(20,21)22)8-29-15(13(19(23,24)25)14(28-29)9-2-3-9)16(31)27-10-4-5-30(32)12(6-10)35(26,33)34/h4-6,9,11,32H,2-3,7-8H2,1H3,(H2,26,33,34). The molecular formula is C19H19F6N5O4S. The van der Waals surface area contributed by atoms with E-state index in [2.05, 4.69) is 10.1 Å². The number of primary sulfonamides is 1. The highest BCUT2D eigenvalue weighted by atomic mass is 32.2. The minimum absolute atomic E-state index is 0.112. The van der Waals surface area contributed by atoms with Gasteiger partial charge in [-0.15, -0.1) is 0 Å². The number of sulfonamides is 1. The highest BCUT2D eigenvalue weighted by Crippen LogP contribution is 2.61. The number of alkyl halides is 6. The molecule has 0 saturated heterocycles. The van der Waals surface area contributed by atoms with Crippen LogP contribution in [0.5, 0.6) is 0 Å². The first-order valence-corrected chi connectivity index (χ1v) is 11.7. The van der Waals surface area contributed by atoms with Gasteiger partial charge < -0.3 is 5.21 Å². The fourth-order valence-electron chi connectivity index (χ4n) is 4.08. The summed E-state index contributed by atoms with van der Waals surface area (Å²) in [6.45, 7) is 0.648. The monoisotopic (exact) mass is 527 g/mol. The van der Waals surface area contributed by atoms with Crippen molar-refractivity contribution in [1.29, 1.82) is 0 Å². The molecule has 0 radical (unpaired) electrons. The Bertz CT molecular complexity index is 1370. The van der Waals surface area contributed by atoms with E-state index < -0.39 is 79.4 Å². The molecule has 2 unspecified atom stereocenters. The van der Waals surface area contributed by atoms with Gasteiger partial charge in [0.15, 0.2) is 5.03 Å². The van der Waals surface area contributed by atoms with Crippen LogP contribution in [0.15, 0.2) is 28.3 Å². The number of pyridine rings is 1. The maximum Gasteiger partial charge on any atom is 0.420 e. The van der Waals surface area contributed by atoms with E-state index in [0.29, 0.717) is 23.6 Å². The summed E-state index contributed by atoms with van der Waals surface area (Å²) in [6.07, 6.45) is -8.45. The van der Waals surface area contributed by atoms with E-state index in [1.807, 2.05) is 0 Å². The number of carbonyl (C=O) groups is 1. The number of nitrogens with two attached hydrogens (primary N) is 1. The zero-order chi connectivity index (χ0) is 26.1. The van der Waals surface area contributed by atoms with Gasteiger partial charge in [-0.05, 0) is 30.7 Å². The zero-order valence-corrected chi connectivity index (χ0v) is 18.7. The maximum absolute atomic E-state index is 14.0. The van der Waals surface area contributed by atoms with E-state index in [9.17, 15) is 44.8 Å². The lowest BCUT2D eigenvalue weighted by molar-refractivity contribution is -0.156. The molecule has 1 amide bonds. The molecule has 2 fully saturated rings. The van der Waals surface area contributed by atoms with Gasteiger partial charge in [0.25, 0.3) is 15.9 Å². The molecule has 9 nitrogen and oxygen atoms in total. The van der Waals surface area contributed by atoms with Gasteiger partial charge in [-0.25, -0.2) is 18.5 Å². The molecule has 2 atom stereocenters. The van der Waals surface area contributed by atoms with E-state index in [-0.39, 0.29) is 11.2 Å². The van der Waals surface area contributed by atoms with E-state index in [1.54, 1.807) is 0 Å². The van der Waals surface area contributed by atoms with Crippen LogP contribution in [0.2, 0.25) is 0 Å². The SMILES string of the molecule is CC1(Cn2nc(C3CC3)c(C(F)(F)F)c2C(=O)N=c2ccn(O)c(S(N)(=O)=O)c2)CC1C(F)(F)F. The van der Waals surface area contributed by atoms with Crippen LogP contribution in [0, 0.1) is 11.3 Å². The summed E-state index contributed by atoms with van der Waals surface area (Å²) in [5, 5.41) is 17.1. The summed E-state index contributed by atoms with van der Waals surface area (Å²) in [5.41, 5.74) is -4.30. The molecule has 0 bridgehead atoms. The minimum atomic E-state index is -5.05. The molecule has 0 spiro atoms. The van der Waals surface area contributed by atoms with Gasteiger partial charge in [0, 0.05) is 24.7 Å². The number of halogens is 6. The Labute approximate surface area is 193 Å². The van der Waals surface area contributed by atoms with Gasteiger partial charge in [-0.2, -0.15) is 36.2 Å². The van der Waals surface area contributed by atoms with E-state index in [0.717, 1.165) is 12.3 Å². The summed E-state index contributed by atoms with van der Waals surface area (Å²) in [7, 11) is -4.49. The maximum atomic E-state index is 14.0. The molecule has 2 aromatic rings. The first kappa shape index (κ1) is 25.2. The van der Waals surface area contributed by atoms with Crippen LogP contribution in [0.25, 0.3) is 0 Å². The second-order valence-corrected chi connectivity index (χ2v) is 10.5. The second-order valence-electron chi connectivity index (χ2n) is 9.02. The minimum Gasteiger partial charge on any atom is -0.428 e. The number of hydrogen-bond acceptors (Lipinski definition) is 5. The number of nitrogens with zero attached hydrogens (tertiary/aromatic N) is 4. The Balaban J connectivity index is 1.85. The van der Waals surface area contributed by atoms with Crippen LogP contribution < -0.4 is 10.5 Å². The Hall–Kier alpha value is -2.88. The molecule has 3 N–H and O–H groups in total. The highest BCUT2D eigenvalue weighted by molar-refractivity contribution is 7.89. The topological polar surface area (TPSA) is 133 Å². The fraction of sp³-hybridized carbons (Fsp3) is 0.526. The van der Waals surface area contributed by atoms with Crippen molar-refractivity contribution in [3.63, 3.8) is 0 Å². The van der Waals surface area contributed by atoms with Crippen molar-refractivity contribution in [3.8, 4) is 0 Å². The largest absolute Gasteiger partial charge is 0.428 e. The quantitative estimate of drug-likeness (QED) is 0.456. The molecule has 2 aliphatic rings. The highest BCUT2D eigenvalue weighted by Gasteiger charge is 2.64. The molecule has 4 rings (SSSR count). The first-order chi connectivity index (χ1) is 15.9. The third-order valence-electron chi connectivity index (χ3n) is 6.09. The van der Waals surface area contributed by atoms with Crippen LogP contribution >= 0.6 is 0 Å². The van der Waals surface area contributed by atoms with Crippen molar-refractivity contribution in [2.75, 3.05) is 0 Å². The zero-order valence-electron chi connectivity index (χ0n) is 17.9. The third kappa shape index (κ3) is 4.94. The summed E-state index contributed by atoms with van der Waals surface area (Å²) < 4.78 is 106. The summed E-state index contributed by atoms with van der Waals surface area (Å²) in [5.74, 6) is -3.84. The smallest absolute Gasteiger partial charge is 0.420 e. The van der Waals surface area contributed by atoms with E-state index in [4.69, 9.17) is 5.14 Å². The summed E-state index contributed by atoms with van der Waals surface area (Å²) >= 11 is 0. The van der Waals surface area contributed by atoms with Crippen molar-refractivity contribution in [2.45, 2.75) is 56.0 Å². The molecule has 2 saturated carbocycles. The van der Waals surface area contributed by atoms with Crippen LogP contribution in [0.4, 0.5) is 26.3 Å². The summed E-state index contributed by atoms with van der Waals surface area (Å²) in [4.78, 5) is 16.5. The van der Waals surface area contributed by atoms with Crippen LogP contribution in [0.1, 0.15) is 53.8 Å². The lowest BCUT2D eigenvalue weighted by Gasteiger charge is -2.15. The summed E-state index contributed by atoms with van der Waals surface area (Å²) in [6, 6.07) is 1.59. The normalized spacial score (nSPS) is 23.5. The number of rotatable bonds is 5. The lowest BCUT2D eigenvalue weighted by Crippen LogP contribution is -2.24. The molecule has 0 aromatic carbocycles. The van der Waals surface area contributed by atoms with Gasteiger partial charge in [-0.1, -0.05) is 6.92 Å². The average molecular weight is 527 g/mol. The number of carbonyl (C=O) groups excluding carboxylic acids is 1. The van der Waals surface area contributed by atoms with Crippen molar-refractivity contribution in [2.24, 2.45) is 21.5 Å². The molecule has 0 aliphatic heterocycles. The lowest BCUT2D eigenvalue weighted by atomic mass is 10.1. The average Bonchev–Trinajstić information content (AvgIpc) is 3.59. The van der Waals surface area contributed by atoms with Crippen molar-refractivity contribution in [3.05, 3.63) is 40.6 Å². The number of aromatic nitrogens is 3. The van der Waals surface area contributed by atoms with Crippen LogP contribution in [0.3, 0.4) is 0 Å². The van der Waals surface area contributed by atoms with Crippen LogP contribution in [-0.2, 0) is 22.7 Å². The number of hydrogen-bond donors (Lipinski definition) is 2. The molecule has 192 valence electrons. The Kier molecular flexibility index (Phi) is 5.63. The fourth-order valence-corrected chi connectivity index (χ4v) is 4.69. The third-order valence-corrected chi connectivity index (χ3v) is 6.98. The van der Waals surface area contributed by atoms with Gasteiger partial charge >= 0.3 is 12.4 Å². The van der Waals surface area contributed by atoms with E-state index in [1.165, 1.54) is 6.92 Å². The molecule has 16 heteroatoms. The second kappa shape index (κ2) is 7.81. The van der Waals surface area contributed by atoms with Gasteiger partial charge in [0.2, 0.25) is 0 Å². The van der Waals surface area contributed by atoms with Crippen molar-refractivity contribution >= 4 is 15.9 Å².